The van der Waals surface area contributed by atoms with Crippen molar-refractivity contribution in [1.29, 1.82) is 0 Å². The molecule has 0 rings (SSSR count). The van der Waals surface area contributed by atoms with Gasteiger partial charge in [-0.2, -0.15) is 0 Å². The van der Waals surface area contributed by atoms with E-state index in [1.54, 1.807) is 0 Å². The maximum absolute atomic E-state index is 0. The Balaban J connectivity index is 0. The van der Waals surface area contributed by atoms with Crippen LogP contribution < -0.4 is 0 Å². The van der Waals surface area contributed by atoms with Crippen molar-refractivity contribution >= 4 is 23.9 Å². The van der Waals surface area contributed by atoms with Gasteiger partial charge in [0.1, 0.15) is 0 Å². The Hall–Kier alpha value is 4.15. The van der Waals surface area contributed by atoms with Crippen LogP contribution in [0.25, 0.3) is 0 Å². The first kappa shape index (κ1) is 49.3. The molecule has 0 aromatic rings. The molecule has 0 aromatic heterocycles. The van der Waals surface area contributed by atoms with Crippen LogP contribution in [0.5, 0.6) is 0 Å². The monoisotopic (exact) mass is 694 g/mol. The van der Waals surface area contributed by atoms with Crippen LogP contribution in [0.15, 0.2) is 0 Å². The molecule has 0 heterocycles. The third-order valence-corrected chi connectivity index (χ3v) is 0. The summed E-state index contributed by atoms with van der Waals surface area (Å²) in [4.78, 5) is 0. The number of hydrogen-bond donors (Lipinski definition) is 0. The van der Waals surface area contributed by atoms with Crippen molar-refractivity contribution in [3.63, 3.8) is 0 Å². The SMILES string of the molecule is [Co].[Ir].[Nb].[Sn].[Ta].[Ti]. The van der Waals surface area contributed by atoms with Crippen molar-refractivity contribution in [2.75, 3.05) is 0 Å². The summed E-state index contributed by atoms with van der Waals surface area (Å²) in [5, 5.41) is 0. The average molecular weight is 692 g/mol. The minimum Gasteiger partial charge on any atom is 0 e. The van der Waals surface area contributed by atoms with Crippen LogP contribution in [0.3, 0.4) is 0 Å². The number of hydrogen-bond acceptors (Lipinski definition) is 0. The molecule has 0 aliphatic carbocycles. The molecule has 0 amide bonds. The zero-order chi connectivity index (χ0) is 0. The van der Waals surface area contributed by atoms with Crippen LogP contribution >= 0.6 is 0 Å². The summed E-state index contributed by atoms with van der Waals surface area (Å²) < 4.78 is 0. The second-order valence-electron chi connectivity index (χ2n) is 0. The van der Waals surface area contributed by atoms with E-state index in [4.69, 9.17) is 0 Å². The van der Waals surface area contributed by atoms with Crippen LogP contribution in [0.1, 0.15) is 0 Å². The Morgan fingerprint density at radius 2 is 1.00 bits per heavy atom. The van der Waals surface area contributed by atoms with E-state index < -0.39 is 0 Å². The Kier molecular flexibility index (Phi) is 290. The smallest absolute Gasteiger partial charge is 0 e. The molecular formula is CoIrNbSnTaTi. The van der Waals surface area contributed by atoms with E-state index in [-0.39, 0.29) is 127 Å². The quantitative estimate of drug-likeness (QED) is 0.304. The molecule has 0 nitrogen and oxygen atoms in total. The average Bonchev–Trinajstić information content (AvgIpc) is 0. The van der Waals surface area contributed by atoms with E-state index >= 15 is 0 Å². The Morgan fingerprint density at radius 1 is 1.00 bits per heavy atom. The standard InChI is InChI=1S/Co.Ir.Nb.Sn.Ta.Ti. The van der Waals surface area contributed by atoms with Crippen molar-refractivity contribution in [3.05, 3.63) is 0 Å². The minimum absolute atomic E-state index is 0. The molecule has 0 unspecified atom stereocenters. The Labute approximate surface area is 125 Å². The van der Waals surface area contributed by atoms with Gasteiger partial charge in [-0.1, -0.05) is 0 Å². The van der Waals surface area contributed by atoms with Gasteiger partial charge in [-0.15, -0.1) is 0 Å². The van der Waals surface area contributed by atoms with Gasteiger partial charge in [0.25, 0.3) is 0 Å². The topological polar surface area (TPSA) is 0 Å². The molecule has 0 bridgehead atoms. The van der Waals surface area contributed by atoms with E-state index in [0.29, 0.717) is 0 Å². The molecule has 8 radical (unpaired) electrons. The third kappa shape index (κ3) is 24.2. The number of rotatable bonds is 0. The molecule has 0 saturated carbocycles. The van der Waals surface area contributed by atoms with Crippen LogP contribution in [-0.4, -0.2) is 23.9 Å². The Bertz CT molecular complexity index is 15.5. The maximum atomic E-state index is 0. The molecule has 0 fully saturated rings. The molecule has 0 aliphatic rings. The first-order chi connectivity index (χ1) is 0. The zero-order valence-corrected chi connectivity index (χ0v) is 15.8. The van der Waals surface area contributed by atoms with E-state index in [1.807, 2.05) is 0 Å². The van der Waals surface area contributed by atoms with Gasteiger partial charge in [-0.25, -0.2) is 0 Å². The van der Waals surface area contributed by atoms with E-state index in [0.717, 1.165) is 0 Å². The summed E-state index contributed by atoms with van der Waals surface area (Å²) in [6.07, 6.45) is 0. The molecule has 0 saturated heterocycles. The van der Waals surface area contributed by atoms with Gasteiger partial charge in [0, 0.05) is 127 Å². The van der Waals surface area contributed by atoms with Crippen molar-refractivity contribution in [3.8, 4) is 0 Å². The van der Waals surface area contributed by atoms with Gasteiger partial charge < -0.3 is 0 Å². The van der Waals surface area contributed by atoms with Crippen molar-refractivity contribution < 1.29 is 103 Å². The maximum Gasteiger partial charge on any atom is 0 e. The first-order valence-corrected chi connectivity index (χ1v) is 0. The molecule has 0 spiro atoms. The van der Waals surface area contributed by atoms with Gasteiger partial charge in [-0.3, -0.25) is 0 Å². The predicted octanol–water partition coefficient (Wildman–Crippen LogP) is -0.393. The summed E-state index contributed by atoms with van der Waals surface area (Å²) in [6, 6.07) is 0. The molecule has 0 N–H and O–H groups in total. The van der Waals surface area contributed by atoms with Crippen molar-refractivity contribution in [2.24, 2.45) is 0 Å². The molecule has 0 aliphatic heterocycles. The van der Waals surface area contributed by atoms with Crippen LogP contribution in [0.2, 0.25) is 0 Å². The Morgan fingerprint density at radius 3 is 1.00 bits per heavy atom. The molecule has 0 aromatic carbocycles. The summed E-state index contributed by atoms with van der Waals surface area (Å²) in [5.41, 5.74) is 0. The van der Waals surface area contributed by atoms with Gasteiger partial charge in [-0.05, 0) is 0 Å². The minimum atomic E-state index is 0. The largest absolute Gasteiger partial charge is 0 e. The van der Waals surface area contributed by atoms with Crippen LogP contribution in [-0.2, 0) is 103 Å². The fourth-order valence-corrected chi connectivity index (χ4v) is 0. The molecule has 0 atom stereocenters. The predicted molar refractivity (Wildman–Crippen MR) is 5.75 cm³/mol. The van der Waals surface area contributed by atoms with Gasteiger partial charge in [0.15, 0.2) is 0 Å². The molecule has 36 valence electrons. The fraction of sp³-hybridized carbons (Fsp3) is 0. The summed E-state index contributed by atoms with van der Waals surface area (Å²) >= 11 is 0. The molecular weight excluding hydrogens is 692 g/mol. The van der Waals surface area contributed by atoms with Gasteiger partial charge in [0.05, 0.1) is 0 Å². The fourth-order valence-electron chi connectivity index (χ4n) is 0. The van der Waals surface area contributed by atoms with Crippen molar-refractivity contribution in [1.82, 2.24) is 0 Å². The van der Waals surface area contributed by atoms with Crippen molar-refractivity contribution in [2.45, 2.75) is 0 Å². The summed E-state index contributed by atoms with van der Waals surface area (Å²) in [6.45, 7) is 0. The van der Waals surface area contributed by atoms with E-state index in [2.05, 4.69) is 0 Å². The van der Waals surface area contributed by atoms with E-state index in [1.165, 1.54) is 0 Å². The van der Waals surface area contributed by atoms with Crippen LogP contribution in [0, 0.1) is 0 Å². The first-order valence-electron chi connectivity index (χ1n) is 0. The van der Waals surface area contributed by atoms with E-state index in [9.17, 15) is 0 Å². The normalized spacial score (nSPS) is 0. The third-order valence-electron chi connectivity index (χ3n) is 0. The summed E-state index contributed by atoms with van der Waals surface area (Å²) in [7, 11) is 0. The molecule has 6 heteroatoms. The second-order valence-corrected chi connectivity index (χ2v) is 0. The molecule has 6 heavy (non-hydrogen) atoms. The second kappa shape index (κ2) is 35.3. The van der Waals surface area contributed by atoms with Gasteiger partial charge >= 0.3 is 0 Å². The zero-order valence-electron chi connectivity index (χ0n) is 2.56. The van der Waals surface area contributed by atoms with Crippen LogP contribution in [0.4, 0.5) is 0 Å². The summed E-state index contributed by atoms with van der Waals surface area (Å²) in [5.74, 6) is 0. The van der Waals surface area contributed by atoms with Gasteiger partial charge in [0.2, 0.25) is 0 Å².